The van der Waals surface area contributed by atoms with Gasteiger partial charge < -0.3 is 9.47 Å². The van der Waals surface area contributed by atoms with Gasteiger partial charge in [0.1, 0.15) is 5.78 Å². The predicted octanol–water partition coefficient (Wildman–Crippen LogP) is 2.38. The first-order valence-corrected chi connectivity index (χ1v) is 7.06. The van der Waals surface area contributed by atoms with Crippen molar-refractivity contribution >= 4 is 5.78 Å². The van der Waals surface area contributed by atoms with Crippen LogP contribution in [0.3, 0.4) is 0 Å². The highest BCUT2D eigenvalue weighted by Crippen LogP contribution is 2.36. The van der Waals surface area contributed by atoms with Gasteiger partial charge in [0, 0.05) is 32.0 Å². The molecule has 0 saturated carbocycles. The second-order valence-electron chi connectivity index (χ2n) is 5.65. The summed E-state index contributed by atoms with van der Waals surface area (Å²) in [6.45, 7) is 2.11. The molecule has 0 aromatic heterocycles. The topological polar surface area (TPSA) is 35.5 Å². The number of carbonyl (C=O) groups excluding carboxylic acids is 1. The summed E-state index contributed by atoms with van der Waals surface area (Å²) >= 11 is 0. The van der Waals surface area contributed by atoms with Crippen LogP contribution in [0.15, 0.2) is 30.3 Å². The Morgan fingerprint density at radius 2 is 2.11 bits per heavy atom. The van der Waals surface area contributed by atoms with Gasteiger partial charge in [-0.3, -0.25) is 4.79 Å². The quantitative estimate of drug-likeness (QED) is 0.837. The maximum atomic E-state index is 12.4. The van der Waals surface area contributed by atoms with Crippen LogP contribution in [0.4, 0.5) is 0 Å². The van der Waals surface area contributed by atoms with E-state index in [0.717, 1.165) is 31.4 Å². The van der Waals surface area contributed by atoms with Crippen molar-refractivity contribution in [2.75, 3.05) is 19.8 Å². The lowest BCUT2D eigenvalue weighted by atomic mass is 9.81. The van der Waals surface area contributed by atoms with E-state index in [0.29, 0.717) is 25.4 Å². The molecule has 0 aliphatic carbocycles. The molecule has 3 heteroatoms. The Balaban J connectivity index is 1.63. The highest BCUT2D eigenvalue weighted by atomic mass is 16.6. The first kappa shape index (κ1) is 12.8. The van der Waals surface area contributed by atoms with Gasteiger partial charge >= 0.3 is 0 Å². The van der Waals surface area contributed by atoms with Gasteiger partial charge in [0.2, 0.25) is 0 Å². The number of ketones is 1. The Labute approximate surface area is 113 Å². The first-order valence-electron chi connectivity index (χ1n) is 7.06. The lowest BCUT2D eigenvalue weighted by Crippen LogP contribution is -2.42. The number of Topliss-reactive ketones (excluding diaryl/α,β-unsaturated/α-hetero) is 1. The number of hydrogen-bond acceptors (Lipinski definition) is 3. The number of rotatable bonds is 3. The van der Waals surface area contributed by atoms with Gasteiger partial charge in [-0.25, -0.2) is 0 Å². The lowest BCUT2D eigenvalue weighted by molar-refractivity contribution is -0.136. The van der Waals surface area contributed by atoms with E-state index in [1.54, 1.807) is 0 Å². The summed E-state index contributed by atoms with van der Waals surface area (Å²) in [6, 6.07) is 9.99. The van der Waals surface area contributed by atoms with Gasteiger partial charge in [0.25, 0.3) is 0 Å². The third kappa shape index (κ3) is 2.88. The average Bonchev–Trinajstić information content (AvgIpc) is 2.88. The van der Waals surface area contributed by atoms with Crippen LogP contribution in [0.1, 0.15) is 24.8 Å². The first-order chi connectivity index (χ1) is 9.27. The summed E-state index contributed by atoms with van der Waals surface area (Å²) in [7, 11) is 0. The Bertz CT molecular complexity index is 435. The second-order valence-corrected chi connectivity index (χ2v) is 5.65. The number of hydrogen-bond donors (Lipinski definition) is 0. The van der Waals surface area contributed by atoms with Gasteiger partial charge in [-0.15, -0.1) is 0 Å². The molecule has 2 heterocycles. The fourth-order valence-corrected chi connectivity index (χ4v) is 3.11. The third-order valence-electron chi connectivity index (χ3n) is 4.24. The highest BCUT2D eigenvalue weighted by Gasteiger charge is 2.42. The summed E-state index contributed by atoms with van der Waals surface area (Å²) in [6.07, 6.45) is 3.16. The van der Waals surface area contributed by atoms with E-state index in [4.69, 9.17) is 9.47 Å². The van der Waals surface area contributed by atoms with E-state index < -0.39 is 0 Å². The highest BCUT2D eigenvalue weighted by molar-refractivity contribution is 5.83. The molecule has 0 radical (unpaired) electrons. The molecule has 102 valence electrons. The average molecular weight is 260 g/mol. The van der Waals surface area contributed by atoms with Gasteiger partial charge in [-0.1, -0.05) is 30.3 Å². The molecule has 1 aromatic rings. The van der Waals surface area contributed by atoms with Crippen molar-refractivity contribution in [3.05, 3.63) is 35.9 Å². The Morgan fingerprint density at radius 1 is 1.26 bits per heavy atom. The Kier molecular flexibility index (Phi) is 3.67. The van der Waals surface area contributed by atoms with Crippen molar-refractivity contribution in [3.8, 4) is 0 Å². The molecule has 2 aliphatic rings. The lowest BCUT2D eigenvalue weighted by Gasteiger charge is -2.36. The fraction of sp³-hybridized carbons (Fsp3) is 0.562. The van der Waals surface area contributed by atoms with Gasteiger partial charge in [-0.2, -0.15) is 0 Å². The molecular formula is C16H20O3. The molecule has 3 rings (SSSR count). The molecule has 2 aliphatic heterocycles. The minimum absolute atomic E-state index is 0.135. The summed E-state index contributed by atoms with van der Waals surface area (Å²) < 4.78 is 11.3. The van der Waals surface area contributed by atoms with Crippen molar-refractivity contribution in [1.82, 2.24) is 0 Å². The van der Waals surface area contributed by atoms with Crippen LogP contribution in [0.2, 0.25) is 0 Å². The predicted molar refractivity (Wildman–Crippen MR) is 72.0 cm³/mol. The molecule has 0 bridgehead atoms. The molecular weight excluding hydrogens is 240 g/mol. The summed E-state index contributed by atoms with van der Waals surface area (Å²) in [5.74, 6) is 0.483. The van der Waals surface area contributed by atoms with E-state index >= 15 is 0 Å². The Morgan fingerprint density at radius 3 is 2.84 bits per heavy atom. The molecule has 1 spiro atoms. The van der Waals surface area contributed by atoms with Crippen molar-refractivity contribution in [3.63, 3.8) is 0 Å². The molecule has 3 nitrogen and oxygen atoms in total. The minimum atomic E-state index is -0.171. The van der Waals surface area contributed by atoms with Crippen molar-refractivity contribution in [2.24, 2.45) is 5.92 Å². The Hall–Kier alpha value is -1.19. The summed E-state index contributed by atoms with van der Waals surface area (Å²) in [5, 5.41) is 0. The van der Waals surface area contributed by atoms with Crippen molar-refractivity contribution < 1.29 is 14.3 Å². The SMILES string of the molecule is O=C(Cc1ccccc1)C1CCOC2(CCOC2)C1. The molecule has 1 aromatic carbocycles. The maximum Gasteiger partial charge on any atom is 0.140 e. The van der Waals surface area contributed by atoms with E-state index in [-0.39, 0.29) is 11.5 Å². The van der Waals surface area contributed by atoms with Crippen LogP contribution in [-0.2, 0) is 20.7 Å². The molecule has 0 N–H and O–H groups in total. The van der Waals surface area contributed by atoms with E-state index in [1.807, 2.05) is 30.3 Å². The molecule has 2 unspecified atom stereocenters. The zero-order chi connectivity index (χ0) is 13.1. The summed E-state index contributed by atoms with van der Waals surface area (Å²) in [4.78, 5) is 12.4. The van der Waals surface area contributed by atoms with Crippen LogP contribution >= 0.6 is 0 Å². The standard InChI is InChI=1S/C16H20O3/c17-15(10-13-4-2-1-3-5-13)14-6-8-19-16(11-14)7-9-18-12-16/h1-5,14H,6-12H2. The molecule has 2 saturated heterocycles. The number of ether oxygens (including phenoxy) is 2. The van der Waals surface area contributed by atoms with Gasteiger partial charge in [0.05, 0.1) is 12.2 Å². The van der Waals surface area contributed by atoms with Gasteiger partial charge in [0.15, 0.2) is 0 Å². The molecule has 2 atom stereocenters. The maximum absolute atomic E-state index is 12.4. The van der Waals surface area contributed by atoms with Crippen LogP contribution in [0.5, 0.6) is 0 Å². The third-order valence-corrected chi connectivity index (χ3v) is 4.24. The largest absolute Gasteiger partial charge is 0.378 e. The second kappa shape index (κ2) is 5.43. The number of benzene rings is 1. The fourth-order valence-electron chi connectivity index (χ4n) is 3.11. The van der Waals surface area contributed by atoms with Crippen LogP contribution < -0.4 is 0 Å². The molecule has 19 heavy (non-hydrogen) atoms. The number of carbonyl (C=O) groups is 1. The smallest absolute Gasteiger partial charge is 0.140 e. The van der Waals surface area contributed by atoms with E-state index in [1.165, 1.54) is 0 Å². The van der Waals surface area contributed by atoms with Crippen molar-refractivity contribution in [1.29, 1.82) is 0 Å². The normalized spacial score (nSPS) is 30.6. The molecule has 0 amide bonds. The zero-order valence-corrected chi connectivity index (χ0v) is 11.1. The van der Waals surface area contributed by atoms with Crippen LogP contribution in [0.25, 0.3) is 0 Å². The monoisotopic (exact) mass is 260 g/mol. The van der Waals surface area contributed by atoms with Crippen LogP contribution in [0, 0.1) is 5.92 Å². The zero-order valence-electron chi connectivity index (χ0n) is 11.1. The molecule has 2 fully saturated rings. The van der Waals surface area contributed by atoms with E-state index in [9.17, 15) is 4.79 Å². The van der Waals surface area contributed by atoms with E-state index in [2.05, 4.69) is 0 Å². The summed E-state index contributed by atoms with van der Waals surface area (Å²) in [5.41, 5.74) is 0.936. The van der Waals surface area contributed by atoms with Crippen molar-refractivity contribution in [2.45, 2.75) is 31.3 Å². The minimum Gasteiger partial charge on any atom is -0.378 e. The van der Waals surface area contributed by atoms with Gasteiger partial charge in [-0.05, 0) is 18.4 Å². The van der Waals surface area contributed by atoms with Crippen LogP contribution in [-0.4, -0.2) is 31.2 Å².